The summed E-state index contributed by atoms with van der Waals surface area (Å²) >= 11 is 0. The Morgan fingerprint density at radius 2 is 2.19 bits per heavy atom. The average molecular weight is 290 g/mol. The lowest BCUT2D eigenvalue weighted by atomic mass is 9.86. The van der Waals surface area contributed by atoms with Gasteiger partial charge < -0.3 is 4.74 Å². The lowest BCUT2D eigenvalue weighted by Gasteiger charge is -2.30. The number of nitriles is 1. The van der Waals surface area contributed by atoms with Crippen molar-refractivity contribution in [2.45, 2.75) is 44.6 Å². The number of ether oxygens (including phenoxy) is 1. The summed E-state index contributed by atoms with van der Waals surface area (Å²) in [4.78, 5) is 0. The number of benzene rings is 1. The minimum absolute atomic E-state index is 0.259. The molecule has 114 valence electrons. The molecule has 1 aromatic carbocycles. The van der Waals surface area contributed by atoms with E-state index in [0.29, 0.717) is 18.3 Å². The molecule has 1 aliphatic carbocycles. The van der Waals surface area contributed by atoms with E-state index in [1.54, 1.807) is 12.1 Å². The third-order valence-electron chi connectivity index (χ3n) is 4.26. The van der Waals surface area contributed by atoms with E-state index in [9.17, 15) is 9.65 Å². The van der Waals surface area contributed by atoms with Crippen LogP contribution in [-0.4, -0.2) is 18.7 Å². The standard InChI is InChI=1S/C17H23FN2O/c1-2-11-20-17(13-19)10-3-4-14(17)9-12-21-16-7-5-15(18)6-8-16/h5-8,14,20H,2-4,9-12H2,1H3. The molecule has 1 N–H and O–H groups in total. The molecular weight excluding hydrogens is 267 g/mol. The zero-order valence-corrected chi connectivity index (χ0v) is 12.6. The van der Waals surface area contributed by atoms with Gasteiger partial charge in [-0.1, -0.05) is 13.3 Å². The fourth-order valence-electron chi connectivity index (χ4n) is 3.09. The molecule has 0 aliphatic heterocycles. The van der Waals surface area contributed by atoms with Crippen molar-refractivity contribution in [1.82, 2.24) is 5.32 Å². The fraction of sp³-hybridized carbons (Fsp3) is 0.588. The van der Waals surface area contributed by atoms with Crippen LogP contribution in [0.15, 0.2) is 24.3 Å². The normalized spacial score (nSPS) is 24.7. The maximum atomic E-state index is 12.8. The Hall–Kier alpha value is -1.60. The zero-order valence-electron chi connectivity index (χ0n) is 12.6. The van der Waals surface area contributed by atoms with Gasteiger partial charge >= 0.3 is 0 Å². The summed E-state index contributed by atoms with van der Waals surface area (Å²) in [5, 5.41) is 13.0. The van der Waals surface area contributed by atoms with E-state index < -0.39 is 0 Å². The van der Waals surface area contributed by atoms with Crippen molar-refractivity contribution in [3.05, 3.63) is 30.1 Å². The molecule has 0 amide bonds. The molecule has 1 aromatic rings. The second kappa shape index (κ2) is 7.42. The first-order chi connectivity index (χ1) is 10.2. The lowest BCUT2D eigenvalue weighted by molar-refractivity contribution is 0.233. The van der Waals surface area contributed by atoms with E-state index in [1.165, 1.54) is 12.1 Å². The second-order valence-electron chi connectivity index (χ2n) is 5.69. The molecule has 0 spiro atoms. The molecule has 0 saturated heterocycles. The second-order valence-corrected chi connectivity index (χ2v) is 5.69. The quantitative estimate of drug-likeness (QED) is 0.833. The Morgan fingerprint density at radius 1 is 1.43 bits per heavy atom. The summed E-state index contributed by atoms with van der Waals surface area (Å²) in [5.74, 6) is 0.748. The van der Waals surface area contributed by atoms with Crippen LogP contribution in [0.25, 0.3) is 0 Å². The van der Waals surface area contributed by atoms with E-state index in [2.05, 4.69) is 18.3 Å². The van der Waals surface area contributed by atoms with Crippen molar-refractivity contribution in [2.75, 3.05) is 13.2 Å². The van der Waals surface area contributed by atoms with Gasteiger partial charge in [0.05, 0.1) is 12.7 Å². The summed E-state index contributed by atoms with van der Waals surface area (Å²) in [7, 11) is 0. The fourth-order valence-corrected chi connectivity index (χ4v) is 3.09. The molecule has 1 fully saturated rings. The van der Waals surface area contributed by atoms with E-state index in [1.807, 2.05) is 0 Å². The highest BCUT2D eigenvalue weighted by atomic mass is 19.1. The van der Waals surface area contributed by atoms with Gasteiger partial charge in [-0.05, 0) is 62.4 Å². The zero-order chi connectivity index (χ0) is 15.1. The largest absolute Gasteiger partial charge is 0.494 e. The van der Waals surface area contributed by atoms with Crippen LogP contribution < -0.4 is 10.1 Å². The molecule has 0 aromatic heterocycles. The van der Waals surface area contributed by atoms with Gasteiger partial charge in [-0.25, -0.2) is 4.39 Å². The molecule has 0 radical (unpaired) electrons. The van der Waals surface area contributed by atoms with Crippen LogP contribution >= 0.6 is 0 Å². The first-order valence-electron chi connectivity index (χ1n) is 7.75. The Morgan fingerprint density at radius 3 is 2.86 bits per heavy atom. The first-order valence-corrected chi connectivity index (χ1v) is 7.75. The topological polar surface area (TPSA) is 45.0 Å². The highest BCUT2D eigenvalue weighted by Crippen LogP contribution is 2.37. The third-order valence-corrected chi connectivity index (χ3v) is 4.26. The van der Waals surface area contributed by atoms with Crippen LogP contribution in [0.3, 0.4) is 0 Å². The SMILES string of the molecule is CCCNC1(C#N)CCCC1CCOc1ccc(F)cc1. The Labute approximate surface area is 126 Å². The predicted molar refractivity (Wildman–Crippen MR) is 80.5 cm³/mol. The van der Waals surface area contributed by atoms with Gasteiger partial charge in [-0.2, -0.15) is 5.26 Å². The maximum Gasteiger partial charge on any atom is 0.123 e. The van der Waals surface area contributed by atoms with Gasteiger partial charge in [0.15, 0.2) is 0 Å². The number of hydrogen-bond acceptors (Lipinski definition) is 3. The summed E-state index contributed by atoms with van der Waals surface area (Å²) in [6, 6.07) is 8.57. The van der Waals surface area contributed by atoms with Crippen LogP contribution in [0.4, 0.5) is 4.39 Å². The van der Waals surface area contributed by atoms with Crippen LogP contribution in [-0.2, 0) is 0 Å². The molecule has 0 heterocycles. The molecule has 0 bridgehead atoms. The molecular formula is C17H23FN2O. The van der Waals surface area contributed by atoms with Gasteiger partial charge in [0, 0.05) is 0 Å². The molecule has 4 heteroatoms. The predicted octanol–water partition coefficient (Wildman–Crippen LogP) is 3.66. The molecule has 1 saturated carbocycles. The number of halogens is 1. The third kappa shape index (κ3) is 3.95. The molecule has 2 rings (SSSR count). The van der Waals surface area contributed by atoms with Crippen molar-refractivity contribution >= 4 is 0 Å². The maximum absolute atomic E-state index is 12.8. The summed E-state index contributed by atoms with van der Waals surface area (Å²) < 4.78 is 18.5. The Balaban J connectivity index is 1.86. The summed E-state index contributed by atoms with van der Waals surface area (Å²) in [6.45, 7) is 3.55. The van der Waals surface area contributed by atoms with Crippen LogP contribution in [0.2, 0.25) is 0 Å². The van der Waals surface area contributed by atoms with E-state index in [-0.39, 0.29) is 11.4 Å². The highest BCUT2D eigenvalue weighted by Gasteiger charge is 2.42. The number of rotatable bonds is 7. The minimum atomic E-state index is -0.387. The highest BCUT2D eigenvalue weighted by molar-refractivity contribution is 5.22. The molecule has 1 aliphatic rings. The van der Waals surface area contributed by atoms with Crippen molar-refractivity contribution in [1.29, 1.82) is 5.26 Å². The number of nitrogens with one attached hydrogen (secondary N) is 1. The number of hydrogen-bond donors (Lipinski definition) is 1. The average Bonchev–Trinajstić information content (AvgIpc) is 2.91. The molecule has 2 atom stereocenters. The smallest absolute Gasteiger partial charge is 0.123 e. The first kappa shape index (κ1) is 15.8. The molecule has 2 unspecified atom stereocenters. The van der Waals surface area contributed by atoms with Crippen LogP contribution in [0, 0.1) is 23.1 Å². The van der Waals surface area contributed by atoms with Crippen molar-refractivity contribution in [3.63, 3.8) is 0 Å². The van der Waals surface area contributed by atoms with E-state index in [4.69, 9.17) is 4.74 Å². The van der Waals surface area contributed by atoms with Crippen molar-refractivity contribution < 1.29 is 9.13 Å². The van der Waals surface area contributed by atoms with Crippen LogP contribution in [0.1, 0.15) is 39.0 Å². The van der Waals surface area contributed by atoms with E-state index >= 15 is 0 Å². The van der Waals surface area contributed by atoms with Crippen LogP contribution in [0.5, 0.6) is 5.75 Å². The Bertz CT molecular complexity index is 483. The minimum Gasteiger partial charge on any atom is -0.494 e. The summed E-state index contributed by atoms with van der Waals surface area (Å²) in [6.07, 6.45) is 4.96. The van der Waals surface area contributed by atoms with Gasteiger partial charge in [0.2, 0.25) is 0 Å². The summed E-state index contributed by atoms with van der Waals surface area (Å²) in [5.41, 5.74) is -0.387. The van der Waals surface area contributed by atoms with Crippen molar-refractivity contribution in [3.8, 4) is 11.8 Å². The van der Waals surface area contributed by atoms with Gasteiger partial charge in [-0.3, -0.25) is 5.32 Å². The van der Waals surface area contributed by atoms with E-state index in [0.717, 1.165) is 38.6 Å². The van der Waals surface area contributed by atoms with Gasteiger partial charge in [0.25, 0.3) is 0 Å². The lowest BCUT2D eigenvalue weighted by Crippen LogP contribution is -2.47. The molecule has 3 nitrogen and oxygen atoms in total. The van der Waals surface area contributed by atoms with Gasteiger partial charge in [-0.15, -0.1) is 0 Å². The molecule has 21 heavy (non-hydrogen) atoms. The number of nitrogens with zero attached hydrogens (tertiary/aromatic N) is 1. The van der Waals surface area contributed by atoms with Gasteiger partial charge in [0.1, 0.15) is 17.1 Å². The monoisotopic (exact) mass is 290 g/mol. The van der Waals surface area contributed by atoms with Crippen molar-refractivity contribution in [2.24, 2.45) is 5.92 Å². The Kier molecular flexibility index (Phi) is 5.58.